The van der Waals surface area contributed by atoms with Crippen LogP contribution in [-0.2, 0) is 4.79 Å². The van der Waals surface area contributed by atoms with Crippen LogP contribution < -0.4 is 15.6 Å². The van der Waals surface area contributed by atoms with Gasteiger partial charge in [0.05, 0.1) is 6.61 Å². The Balaban J connectivity index is 1.38. The van der Waals surface area contributed by atoms with E-state index in [2.05, 4.69) is 27.1 Å². The number of rotatable bonds is 7. The Hall–Kier alpha value is -3.10. The number of ether oxygens (including phenoxy) is 1. The van der Waals surface area contributed by atoms with Crippen LogP contribution >= 0.6 is 0 Å². The number of alkyl halides is 2. The van der Waals surface area contributed by atoms with Crippen LogP contribution in [0.1, 0.15) is 43.6 Å². The smallest absolute Gasteiger partial charge is 0.255 e. The van der Waals surface area contributed by atoms with Crippen molar-refractivity contribution in [2.45, 2.75) is 43.9 Å². The van der Waals surface area contributed by atoms with Crippen LogP contribution in [0.15, 0.2) is 47.4 Å². The molecule has 2 aromatic rings. The maximum absolute atomic E-state index is 14.5. The summed E-state index contributed by atoms with van der Waals surface area (Å²) in [4.78, 5) is 26.3. The third-order valence-corrected chi connectivity index (χ3v) is 5.90. The van der Waals surface area contributed by atoms with E-state index >= 15 is 0 Å². The fourth-order valence-corrected chi connectivity index (χ4v) is 3.78. The second-order valence-electron chi connectivity index (χ2n) is 8.26. The summed E-state index contributed by atoms with van der Waals surface area (Å²) in [5.74, 6) is -3.69. The van der Waals surface area contributed by atoms with Crippen molar-refractivity contribution >= 4 is 11.7 Å². The number of anilines is 1. The maximum Gasteiger partial charge on any atom is 0.255 e. The first kappa shape index (κ1) is 21.1. The van der Waals surface area contributed by atoms with Gasteiger partial charge in [-0.15, -0.1) is 10.2 Å². The van der Waals surface area contributed by atoms with E-state index in [9.17, 15) is 18.4 Å². The minimum atomic E-state index is -2.92. The van der Waals surface area contributed by atoms with E-state index in [0.29, 0.717) is 24.0 Å². The van der Waals surface area contributed by atoms with E-state index in [-0.39, 0.29) is 36.2 Å². The molecule has 4 rings (SSSR count). The number of nitrogens with one attached hydrogen (secondary N) is 2. The van der Waals surface area contributed by atoms with E-state index in [4.69, 9.17) is 4.74 Å². The van der Waals surface area contributed by atoms with Crippen LogP contribution in [0.2, 0.25) is 0 Å². The number of halogens is 2. The van der Waals surface area contributed by atoms with Gasteiger partial charge in [0, 0.05) is 36.2 Å². The topological polar surface area (TPSA) is 97.0 Å². The van der Waals surface area contributed by atoms with Gasteiger partial charge in [-0.05, 0) is 49.1 Å². The number of carbonyl (C=O) groups is 1. The molecule has 2 N–H and O–H groups in total. The first-order chi connectivity index (χ1) is 14.8. The van der Waals surface area contributed by atoms with E-state index in [0.717, 1.165) is 0 Å². The van der Waals surface area contributed by atoms with Gasteiger partial charge in [-0.1, -0.05) is 12.6 Å². The first-order valence-corrected chi connectivity index (χ1v) is 10.3. The molecule has 31 heavy (non-hydrogen) atoms. The van der Waals surface area contributed by atoms with E-state index < -0.39 is 23.7 Å². The van der Waals surface area contributed by atoms with Crippen molar-refractivity contribution in [3.8, 4) is 5.88 Å². The lowest BCUT2D eigenvalue weighted by atomic mass is 9.73. The monoisotopic (exact) mass is 430 g/mol. The molecule has 164 valence electrons. The fourth-order valence-electron chi connectivity index (χ4n) is 3.78. The molecule has 0 saturated heterocycles. The summed E-state index contributed by atoms with van der Waals surface area (Å²) in [5.41, 5.74) is 0.212. The van der Waals surface area contributed by atoms with Gasteiger partial charge in [0.25, 0.3) is 11.8 Å². The van der Waals surface area contributed by atoms with Gasteiger partial charge in [-0.2, -0.15) is 0 Å². The lowest BCUT2D eigenvalue weighted by Crippen LogP contribution is -2.36. The molecule has 2 saturated carbocycles. The molecule has 2 aliphatic rings. The molecule has 7 nitrogen and oxygen atoms in total. The molecule has 2 atom stereocenters. The molecule has 1 amide bonds. The number of aromatic nitrogens is 3. The normalized spacial score (nSPS) is 22.5. The van der Waals surface area contributed by atoms with Crippen molar-refractivity contribution in [2.24, 2.45) is 11.8 Å². The molecule has 2 aromatic heterocycles. The van der Waals surface area contributed by atoms with Gasteiger partial charge in [0.2, 0.25) is 11.4 Å². The SMILES string of the molecule is C=C(C(=O)Nc1ccc(OCC2CC2)nn1)[C@H]1CCC(F)(F)[C@@H](c2ccc(=O)[nH]c2)C1. The van der Waals surface area contributed by atoms with Crippen molar-refractivity contribution in [3.05, 3.63) is 58.5 Å². The number of carbonyl (C=O) groups excluding carboxylic acids is 1. The molecule has 0 bridgehead atoms. The molecule has 0 aromatic carbocycles. The Kier molecular flexibility index (Phi) is 5.84. The van der Waals surface area contributed by atoms with Crippen LogP contribution in [0.3, 0.4) is 0 Å². The second kappa shape index (κ2) is 8.56. The standard InChI is InChI=1S/C22H24F2N4O3/c1-13(21(30)26-18-5-7-20(28-27-18)31-12-14-2-3-14)15-8-9-22(23,24)17(10-15)16-4-6-19(29)25-11-16/h4-7,11,14-15,17H,1-3,8-10,12H2,(H,25,29)(H,26,27,30)/t15-,17+/m0/s1. The molecule has 0 unspecified atom stereocenters. The first-order valence-electron chi connectivity index (χ1n) is 10.3. The van der Waals surface area contributed by atoms with Gasteiger partial charge in [-0.3, -0.25) is 9.59 Å². The molecule has 2 aliphatic carbocycles. The van der Waals surface area contributed by atoms with Crippen molar-refractivity contribution in [1.82, 2.24) is 15.2 Å². The number of hydrogen-bond acceptors (Lipinski definition) is 5. The average Bonchev–Trinajstić information content (AvgIpc) is 3.58. The van der Waals surface area contributed by atoms with Gasteiger partial charge in [0.15, 0.2) is 5.82 Å². The van der Waals surface area contributed by atoms with Gasteiger partial charge < -0.3 is 15.0 Å². The third-order valence-electron chi connectivity index (χ3n) is 5.90. The predicted octanol–water partition coefficient (Wildman–Crippen LogP) is 3.67. The lowest BCUT2D eigenvalue weighted by molar-refractivity contribution is -0.114. The van der Waals surface area contributed by atoms with Crippen molar-refractivity contribution in [3.63, 3.8) is 0 Å². The molecule has 2 fully saturated rings. The fraction of sp³-hybridized carbons (Fsp3) is 0.455. The predicted molar refractivity (Wildman–Crippen MR) is 110 cm³/mol. The second-order valence-corrected chi connectivity index (χ2v) is 8.26. The van der Waals surface area contributed by atoms with Crippen LogP contribution in [0.25, 0.3) is 0 Å². The molecule has 0 spiro atoms. The maximum atomic E-state index is 14.5. The number of nitrogens with zero attached hydrogens (tertiary/aromatic N) is 2. The van der Waals surface area contributed by atoms with Crippen LogP contribution in [0, 0.1) is 11.8 Å². The number of pyridine rings is 1. The Morgan fingerprint density at radius 2 is 2.03 bits per heavy atom. The minimum Gasteiger partial charge on any atom is -0.476 e. The molecule has 0 aliphatic heterocycles. The Labute approximate surface area is 177 Å². The van der Waals surface area contributed by atoms with E-state index in [1.807, 2.05) is 0 Å². The summed E-state index contributed by atoms with van der Waals surface area (Å²) >= 11 is 0. The Morgan fingerprint density at radius 1 is 1.23 bits per heavy atom. The highest BCUT2D eigenvalue weighted by atomic mass is 19.3. The zero-order valence-electron chi connectivity index (χ0n) is 16.9. The molecular formula is C22H24F2N4O3. The van der Waals surface area contributed by atoms with Crippen LogP contribution in [-0.4, -0.2) is 33.6 Å². The number of hydrogen-bond donors (Lipinski definition) is 2. The van der Waals surface area contributed by atoms with Crippen molar-refractivity contribution in [2.75, 3.05) is 11.9 Å². The molecule has 9 heteroatoms. The largest absolute Gasteiger partial charge is 0.476 e. The summed E-state index contributed by atoms with van der Waals surface area (Å²) in [7, 11) is 0. The van der Waals surface area contributed by atoms with Crippen LogP contribution in [0.4, 0.5) is 14.6 Å². The molecule has 0 radical (unpaired) electrons. The van der Waals surface area contributed by atoms with Crippen molar-refractivity contribution in [1.29, 1.82) is 0 Å². The lowest BCUT2D eigenvalue weighted by Gasteiger charge is -2.36. The third kappa shape index (κ3) is 5.15. The summed E-state index contributed by atoms with van der Waals surface area (Å²) < 4.78 is 34.6. The summed E-state index contributed by atoms with van der Waals surface area (Å²) in [6.07, 6.45) is 3.50. The number of amides is 1. The summed E-state index contributed by atoms with van der Waals surface area (Å²) in [6.45, 7) is 4.46. The minimum absolute atomic E-state index is 0.0604. The van der Waals surface area contributed by atoms with E-state index in [1.54, 1.807) is 12.1 Å². The number of aromatic amines is 1. The van der Waals surface area contributed by atoms with Gasteiger partial charge >= 0.3 is 0 Å². The van der Waals surface area contributed by atoms with Crippen molar-refractivity contribution < 1.29 is 18.3 Å². The molecule has 2 heterocycles. The summed E-state index contributed by atoms with van der Waals surface area (Å²) in [5, 5.41) is 10.5. The van der Waals surface area contributed by atoms with Gasteiger partial charge in [-0.25, -0.2) is 8.78 Å². The Bertz CT molecular complexity index is 998. The zero-order valence-corrected chi connectivity index (χ0v) is 16.9. The highest BCUT2D eigenvalue weighted by molar-refractivity contribution is 6.03. The summed E-state index contributed by atoms with van der Waals surface area (Å²) in [6, 6.07) is 5.85. The average molecular weight is 430 g/mol. The van der Waals surface area contributed by atoms with Gasteiger partial charge in [0.1, 0.15) is 0 Å². The zero-order chi connectivity index (χ0) is 22.0. The van der Waals surface area contributed by atoms with E-state index in [1.165, 1.54) is 31.2 Å². The number of H-pyrrole nitrogens is 1. The quantitative estimate of drug-likeness (QED) is 0.654. The highest BCUT2D eigenvalue weighted by Crippen LogP contribution is 2.48. The highest BCUT2D eigenvalue weighted by Gasteiger charge is 2.46. The Morgan fingerprint density at radius 3 is 2.68 bits per heavy atom. The van der Waals surface area contributed by atoms with Crippen LogP contribution in [0.5, 0.6) is 5.88 Å². The molecular weight excluding hydrogens is 406 g/mol.